The van der Waals surface area contributed by atoms with Crippen molar-refractivity contribution >= 4 is 7.12 Å². The fraction of sp³-hybridized carbons (Fsp3) is 0.600. The minimum absolute atomic E-state index is 0.311. The first-order chi connectivity index (χ1) is 7.39. The van der Waals surface area contributed by atoms with E-state index in [2.05, 4.69) is 26.3 Å². The molecule has 0 aromatic carbocycles. The van der Waals surface area contributed by atoms with Crippen molar-refractivity contribution in [2.24, 2.45) is 5.73 Å². The van der Waals surface area contributed by atoms with E-state index >= 15 is 0 Å². The molecular formula is C10H16BNO2VW-2. The fourth-order valence-corrected chi connectivity index (χ4v) is 1.09. The Hall–Kier alpha value is 0.538. The molecule has 1 aliphatic heterocycles. The zero-order valence-corrected chi connectivity index (χ0v) is 14.3. The van der Waals surface area contributed by atoms with Gasteiger partial charge in [-0.1, -0.05) is 0 Å². The molecule has 1 saturated heterocycles. The van der Waals surface area contributed by atoms with Crippen LogP contribution in [0.25, 0.3) is 0 Å². The van der Waals surface area contributed by atoms with Gasteiger partial charge in [0.1, 0.15) is 0 Å². The SMILES string of the molecule is CC1(C)OB([C-]=CC=[C-]N)OC1(C)C.[V]=[W]. The summed E-state index contributed by atoms with van der Waals surface area (Å²) in [6.45, 7) is 8.00. The van der Waals surface area contributed by atoms with Gasteiger partial charge in [-0.3, -0.25) is 6.20 Å². The first-order valence-electron chi connectivity index (χ1n) is 4.80. The summed E-state index contributed by atoms with van der Waals surface area (Å²) in [5, 5.41) is 0. The Morgan fingerprint density at radius 1 is 1.12 bits per heavy atom. The molecule has 0 bridgehead atoms. The number of hydrogen-bond donors (Lipinski definition) is 1. The van der Waals surface area contributed by atoms with Crippen molar-refractivity contribution in [2.75, 3.05) is 0 Å². The summed E-state index contributed by atoms with van der Waals surface area (Å²) in [5.41, 5.74) is 4.44. The molecule has 1 rings (SSSR count). The molecule has 0 amide bonds. The number of nitrogens with two attached hydrogens (primary N) is 1. The Balaban J connectivity index is 0.00000106. The molecule has 1 fully saturated rings. The van der Waals surface area contributed by atoms with E-state index in [0.29, 0.717) is 0 Å². The monoisotopic (exact) mass is 428 g/mol. The van der Waals surface area contributed by atoms with Crippen LogP contribution in [0, 0.1) is 12.2 Å². The molecule has 1 aliphatic rings. The van der Waals surface area contributed by atoms with Crippen molar-refractivity contribution < 1.29 is 40.2 Å². The number of rotatable bonds is 2. The van der Waals surface area contributed by atoms with Crippen molar-refractivity contribution in [2.45, 2.75) is 38.9 Å². The number of allylic oxidation sites excluding steroid dienone is 2. The zero-order valence-electron chi connectivity index (χ0n) is 9.98. The van der Waals surface area contributed by atoms with E-state index in [0.717, 1.165) is 0 Å². The van der Waals surface area contributed by atoms with Crippen molar-refractivity contribution in [3.63, 3.8) is 0 Å². The van der Waals surface area contributed by atoms with Crippen molar-refractivity contribution in [3.05, 3.63) is 24.3 Å². The molecule has 3 nitrogen and oxygen atoms in total. The van der Waals surface area contributed by atoms with Gasteiger partial charge in [0.25, 0.3) is 0 Å². The summed E-state index contributed by atoms with van der Waals surface area (Å²) in [4.78, 5) is 0. The second kappa shape index (κ2) is 7.08. The van der Waals surface area contributed by atoms with Gasteiger partial charge in [0.05, 0.1) is 11.2 Å². The van der Waals surface area contributed by atoms with Crippen LogP contribution in [0.1, 0.15) is 27.7 Å². The van der Waals surface area contributed by atoms with Gasteiger partial charge in [-0.25, -0.2) is 0 Å². The number of hydrogen-bond acceptors (Lipinski definition) is 3. The molecule has 0 aliphatic carbocycles. The second-order valence-electron chi connectivity index (χ2n) is 4.25. The predicted octanol–water partition coefficient (Wildman–Crippen LogP) is 1.25. The van der Waals surface area contributed by atoms with Gasteiger partial charge in [-0.2, -0.15) is 0 Å². The van der Waals surface area contributed by atoms with Crippen molar-refractivity contribution in [3.8, 4) is 0 Å². The maximum absolute atomic E-state index is 5.66. The third kappa shape index (κ3) is 4.43. The van der Waals surface area contributed by atoms with Crippen molar-refractivity contribution in [1.29, 1.82) is 0 Å². The quantitative estimate of drug-likeness (QED) is 0.312. The van der Waals surface area contributed by atoms with Gasteiger partial charge in [0.15, 0.2) is 0 Å². The van der Waals surface area contributed by atoms with Crippen LogP contribution in [0.2, 0.25) is 0 Å². The van der Waals surface area contributed by atoms with Gasteiger partial charge in [-0.15, -0.1) is 0 Å². The van der Waals surface area contributed by atoms with Crippen LogP contribution in [-0.4, -0.2) is 18.3 Å². The average molecular weight is 428 g/mol. The first kappa shape index (κ1) is 16.5. The van der Waals surface area contributed by atoms with Crippen LogP contribution in [-0.2, 0) is 40.2 Å². The molecule has 16 heavy (non-hydrogen) atoms. The summed E-state index contributed by atoms with van der Waals surface area (Å²) in [5.74, 6) is 2.93. The van der Waals surface area contributed by atoms with Crippen LogP contribution < -0.4 is 5.73 Å². The van der Waals surface area contributed by atoms with Gasteiger partial charge >= 0.3 is 38.0 Å². The molecule has 0 radical (unpaired) electrons. The molecule has 89 valence electrons. The van der Waals surface area contributed by atoms with E-state index in [1.54, 1.807) is 12.2 Å². The molecule has 0 saturated carbocycles. The van der Waals surface area contributed by atoms with E-state index in [1.807, 2.05) is 27.7 Å². The van der Waals surface area contributed by atoms with Gasteiger partial charge in [0.2, 0.25) is 0 Å². The topological polar surface area (TPSA) is 44.5 Å². The van der Waals surface area contributed by atoms with Crippen LogP contribution in [0.4, 0.5) is 0 Å². The van der Waals surface area contributed by atoms with E-state index in [1.165, 1.54) is 16.8 Å². The fourth-order valence-electron chi connectivity index (χ4n) is 1.09. The van der Waals surface area contributed by atoms with Crippen LogP contribution >= 0.6 is 0 Å². The van der Waals surface area contributed by atoms with Gasteiger partial charge in [0, 0.05) is 0 Å². The summed E-state index contributed by atoms with van der Waals surface area (Å²) >= 11 is 3.92. The minimum atomic E-state index is -0.426. The Labute approximate surface area is 116 Å². The third-order valence-corrected chi connectivity index (χ3v) is 2.67. The zero-order chi connectivity index (χ0) is 12.8. The third-order valence-electron chi connectivity index (χ3n) is 2.67. The Kier molecular flexibility index (Phi) is 7.32. The summed E-state index contributed by atoms with van der Waals surface area (Å²) in [7, 11) is -0.426. The average Bonchev–Trinajstić information content (AvgIpc) is 2.39. The molecule has 0 aromatic rings. The van der Waals surface area contributed by atoms with Crippen LogP contribution in [0.3, 0.4) is 0 Å². The van der Waals surface area contributed by atoms with Crippen molar-refractivity contribution in [1.82, 2.24) is 0 Å². The molecular weight excluding hydrogens is 412 g/mol. The molecule has 0 aromatic heterocycles. The van der Waals surface area contributed by atoms with E-state index in [9.17, 15) is 0 Å². The van der Waals surface area contributed by atoms with Gasteiger partial charge < -0.3 is 33.2 Å². The summed E-state index contributed by atoms with van der Waals surface area (Å²) < 4.78 is 11.3. The van der Waals surface area contributed by atoms with Crippen LogP contribution in [0.5, 0.6) is 0 Å². The van der Waals surface area contributed by atoms with Crippen LogP contribution in [0.15, 0.2) is 12.2 Å². The molecule has 1 heterocycles. The normalized spacial score (nSPS) is 22.3. The Bertz CT molecular complexity index is 266. The predicted molar refractivity (Wildman–Crippen MR) is 55.9 cm³/mol. The first-order valence-corrected chi connectivity index (χ1v) is 10.8. The van der Waals surface area contributed by atoms with E-state index in [4.69, 9.17) is 15.0 Å². The molecule has 0 spiro atoms. The molecule has 2 N–H and O–H groups in total. The molecule has 0 atom stereocenters. The maximum atomic E-state index is 5.66. The van der Waals surface area contributed by atoms with Gasteiger partial charge in [-0.05, 0) is 27.7 Å². The Morgan fingerprint density at radius 3 is 1.94 bits per heavy atom. The molecule has 6 heteroatoms. The Morgan fingerprint density at radius 2 is 1.56 bits per heavy atom. The standard InChI is InChI=1S/C10H16BNO2.V.W/c1-9(2)10(3,4)14-11(13-9)7-5-6-8-12;;/h5-6H,12H2,1-4H3;;/q-2;;. The molecule has 0 unspecified atom stereocenters. The van der Waals surface area contributed by atoms with E-state index in [-0.39, 0.29) is 11.2 Å². The summed E-state index contributed by atoms with van der Waals surface area (Å²) in [6.07, 6.45) is 5.58. The summed E-state index contributed by atoms with van der Waals surface area (Å²) in [6, 6.07) is 0. The second-order valence-corrected chi connectivity index (χ2v) is 4.25. The van der Waals surface area contributed by atoms with E-state index < -0.39 is 7.12 Å².